The second-order valence-corrected chi connectivity index (χ2v) is 15.8. The van der Waals surface area contributed by atoms with Gasteiger partial charge in [-0.2, -0.15) is 10.5 Å². The van der Waals surface area contributed by atoms with E-state index in [2.05, 4.69) is 179 Å². The molecule has 4 aromatic heterocycles. The molecule has 0 amide bonds. The SMILES string of the molecule is N#Cc1ccc(-c2ccc3c4c(-c5ccccc5)c5c(c(-c6ccccc6)c4n4c6ccccc6c2c34)c2ccc(-c3ccc(C#N)cc3)c3c4ccccc4n5c23)cc1. The Bertz CT molecular complexity index is 3710. The van der Waals surface area contributed by atoms with E-state index in [1.165, 1.54) is 76.3 Å². The van der Waals surface area contributed by atoms with E-state index in [0.29, 0.717) is 11.1 Å². The second-order valence-electron chi connectivity index (χ2n) is 15.8. The Labute approximate surface area is 343 Å². The van der Waals surface area contributed by atoms with Gasteiger partial charge in [-0.1, -0.05) is 146 Å². The van der Waals surface area contributed by atoms with E-state index in [-0.39, 0.29) is 0 Å². The topological polar surface area (TPSA) is 56.4 Å². The van der Waals surface area contributed by atoms with Gasteiger partial charge in [-0.05, 0) is 69.8 Å². The summed E-state index contributed by atoms with van der Waals surface area (Å²) >= 11 is 0. The molecule has 60 heavy (non-hydrogen) atoms. The highest BCUT2D eigenvalue weighted by Gasteiger charge is 2.31. The molecule has 0 aliphatic carbocycles. The van der Waals surface area contributed by atoms with Crippen LogP contribution in [-0.4, -0.2) is 8.80 Å². The van der Waals surface area contributed by atoms with Gasteiger partial charge in [-0.3, -0.25) is 0 Å². The zero-order chi connectivity index (χ0) is 39.6. The first-order valence-corrected chi connectivity index (χ1v) is 20.2. The van der Waals surface area contributed by atoms with Gasteiger partial charge in [-0.15, -0.1) is 0 Å². The average Bonchev–Trinajstić information content (AvgIpc) is 4.06. The summed E-state index contributed by atoms with van der Waals surface area (Å²) in [5.41, 5.74) is 17.6. The van der Waals surface area contributed by atoms with Crippen LogP contribution in [0.25, 0.3) is 121 Å². The van der Waals surface area contributed by atoms with Crippen LogP contribution in [0.1, 0.15) is 11.1 Å². The van der Waals surface area contributed by atoms with E-state index in [1.807, 2.05) is 24.3 Å². The summed E-state index contributed by atoms with van der Waals surface area (Å²) in [4.78, 5) is 0. The van der Waals surface area contributed by atoms with Gasteiger partial charge in [0.25, 0.3) is 0 Å². The maximum Gasteiger partial charge on any atom is 0.0991 e. The minimum atomic E-state index is 0.649. The van der Waals surface area contributed by atoms with E-state index in [9.17, 15) is 10.5 Å². The standard InChI is InChI=1S/C56H30N4/c57-31-33-19-23-35(24-20-33)39-27-29-43-51-47(37-11-3-1-4-12-37)55-52(48(38-13-5-2-6-14-38)56(51)60-46-18-10-8-16-42(46)49(39)53(43)60)44-30-28-40(36-25-21-34(32-58)22-26-36)50-41-15-7-9-17-45(41)59(55)54(44)50/h1-30H. The minimum Gasteiger partial charge on any atom is -0.307 e. The molecule has 4 nitrogen and oxygen atoms in total. The molecule has 0 unspecified atom stereocenters. The Morgan fingerprint density at radius 2 is 0.683 bits per heavy atom. The molecule has 0 fully saturated rings. The number of fused-ring (bicyclic) bond motifs is 12. The summed E-state index contributed by atoms with van der Waals surface area (Å²) < 4.78 is 5.09. The van der Waals surface area contributed by atoms with Crippen LogP contribution in [0.3, 0.4) is 0 Å². The molecular weight excluding hydrogens is 729 g/mol. The number of para-hydroxylation sites is 2. The molecule has 274 valence electrons. The zero-order valence-electron chi connectivity index (χ0n) is 32.1. The van der Waals surface area contributed by atoms with Gasteiger partial charge in [0, 0.05) is 54.2 Å². The molecular formula is C56H30N4. The fraction of sp³-hybridized carbons (Fsp3) is 0. The second kappa shape index (κ2) is 12.0. The molecule has 13 rings (SSSR count). The van der Waals surface area contributed by atoms with Gasteiger partial charge in [0.05, 0.1) is 56.4 Å². The van der Waals surface area contributed by atoms with Crippen molar-refractivity contribution in [3.8, 4) is 56.6 Å². The van der Waals surface area contributed by atoms with Gasteiger partial charge in [-0.25, -0.2) is 0 Å². The normalized spacial score (nSPS) is 12.0. The molecule has 0 saturated carbocycles. The lowest BCUT2D eigenvalue weighted by Gasteiger charge is -2.16. The van der Waals surface area contributed by atoms with Crippen LogP contribution in [0.15, 0.2) is 182 Å². The van der Waals surface area contributed by atoms with E-state index >= 15 is 0 Å². The van der Waals surface area contributed by atoms with Gasteiger partial charge >= 0.3 is 0 Å². The van der Waals surface area contributed by atoms with Crippen molar-refractivity contribution in [2.45, 2.75) is 0 Å². The molecule has 9 aromatic carbocycles. The average molecular weight is 759 g/mol. The Kier molecular flexibility index (Phi) is 6.55. The van der Waals surface area contributed by atoms with Crippen molar-refractivity contribution in [3.63, 3.8) is 0 Å². The highest BCUT2D eigenvalue weighted by atomic mass is 14.9. The Balaban J connectivity index is 1.32. The first kappa shape index (κ1) is 32.6. The third kappa shape index (κ3) is 4.16. The third-order valence-corrected chi connectivity index (χ3v) is 12.8. The zero-order valence-corrected chi connectivity index (χ0v) is 32.1. The summed E-state index contributed by atoms with van der Waals surface area (Å²) in [6.07, 6.45) is 0. The minimum absolute atomic E-state index is 0.649. The molecule has 0 aliphatic rings. The maximum absolute atomic E-state index is 9.64. The van der Waals surface area contributed by atoms with Crippen LogP contribution in [0.5, 0.6) is 0 Å². The van der Waals surface area contributed by atoms with Crippen molar-refractivity contribution < 1.29 is 0 Å². The first-order valence-electron chi connectivity index (χ1n) is 20.2. The Morgan fingerprint density at radius 3 is 1.08 bits per heavy atom. The van der Waals surface area contributed by atoms with Crippen LogP contribution in [0, 0.1) is 22.7 Å². The lowest BCUT2D eigenvalue weighted by atomic mass is 9.88. The molecule has 0 radical (unpaired) electrons. The maximum atomic E-state index is 9.64. The molecule has 13 aromatic rings. The Hall–Kier alpha value is -8.44. The van der Waals surface area contributed by atoms with Crippen LogP contribution >= 0.6 is 0 Å². The van der Waals surface area contributed by atoms with Crippen molar-refractivity contribution >= 4 is 76.2 Å². The number of hydrogen-bond acceptors (Lipinski definition) is 2. The fourth-order valence-corrected chi connectivity index (χ4v) is 10.5. The van der Waals surface area contributed by atoms with Crippen LogP contribution in [-0.2, 0) is 0 Å². The summed E-state index contributed by atoms with van der Waals surface area (Å²) in [6.45, 7) is 0. The van der Waals surface area contributed by atoms with Gasteiger partial charge in [0.2, 0.25) is 0 Å². The number of nitriles is 2. The molecule has 0 atom stereocenters. The van der Waals surface area contributed by atoms with E-state index in [4.69, 9.17) is 0 Å². The highest BCUT2D eigenvalue weighted by Crippen LogP contribution is 2.55. The summed E-state index contributed by atoms with van der Waals surface area (Å²) in [5.74, 6) is 0. The van der Waals surface area contributed by atoms with Gasteiger partial charge in [0.15, 0.2) is 0 Å². The van der Waals surface area contributed by atoms with Crippen molar-refractivity contribution in [2.24, 2.45) is 0 Å². The lowest BCUT2D eigenvalue weighted by Crippen LogP contribution is -1.93. The lowest BCUT2D eigenvalue weighted by molar-refractivity contribution is 1.36. The summed E-state index contributed by atoms with van der Waals surface area (Å²) in [5, 5.41) is 29.0. The number of nitrogens with zero attached hydrogens (tertiary/aromatic N) is 4. The van der Waals surface area contributed by atoms with Crippen molar-refractivity contribution in [1.29, 1.82) is 10.5 Å². The smallest absolute Gasteiger partial charge is 0.0991 e. The molecule has 0 N–H and O–H groups in total. The number of rotatable bonds is 4. The molecule has 0 spiro atoms. The fourth-order valence-electron chi connectivity index (χ4n) is 10.5. The predicted molar refractivity (Wildman–Crippen MR) is 247 cm³/mol. The van der Waals surface area contributed by atoms with Crippen LogP contribution < -0.4 is 0 Å². The number of benzene rings is 9. The third-order valence-electron chi connectivity index (χ3n) is 12.8. The first-order chi connectivity index (χ1) is 29.7. The monoisotopic (exact) mass is 758 g/mol. The van der Waals surface area contributed by atoms with Gasteiger partial charge < -0.3 is 8.80 Å². The molecule has 4 heteroatoms. The number of aromatic nitrogens is 2. The molecule has 0 aliphatic heterocycles. The predicted octanol–water partition coefficient (Wildman–Crippen LogP) is 14.4. The molecule has 0 bridgehead atoms. The van der Waals surface area contributed by atoms with E-state index in [0.717, 1.165) is 44.4 Å². The van der Waals surface area contributed by atoms with Gasteiger partial charge in [0.1, 0.15) is 0 Å². The van der Waals surface area contributed by atoms with E-state index in [1.54, 1.807) is 0 Å². The summed E-state index contributed by atoms with van der Waals surface area (Å²) in [6, 6.07) is 69.3. The van der Waals surface area contributed by atoms with Crippen molar-refractivity contribution in [1.82, 2.24) is 8.80 Å². The van der Waals surface area contributed by atoms with E-state index < -0.39 is 0 Å². The molecule has 0 saturated heterocycles. The summed E-state index contributed by atoms with van der Waals surface area (Å²) in [7, 11) is 0. The van der Waals surface area contributed by atoms with Crippen molar-refractivity contribution in [2.75, 3.05) is 0 Å². The Morgan fingerprint density at radius 1 is 0.300 bits per heavy atom. The molecule has 4 heterocycles. The largest absolute Gasteiger partial charge is 0.307 e. The highest BCUT2D eigenvalue weighted by molar-refractivity contribution is 6.39. The van der Waals surface area contributed by atoms with Crippen molar-refractivity contribution in [3.05, 3.63) is 193 Å². The number of hydrogen-bond donors (Lipinski definition) is 0. The quantitative estimate of drug-likeness (QED) is 0.179. The van der Waals surface area contributed by atoms with Crippen LogP contribution in [0.2, 0.25) is 0 Å². The van der Waals surface area contributed by atoms with Crippen LogP contribution in [0.4, 0.5) is 0 Å².